The van der Waals surface area contributed by atoms with Gasteiger partial charge in [0.1, 0.15) is 5.82 Å². The number of aromatic carboxylic acids is 1. The zero-order chi connectivity index (χ0) is 14.9. The van der Waals surface area contributed by atoms with E-state index in [1.807, 2.05) is 0 Å². The molecule has 20 heavy (non-hydrogen) atoms. The maximum Gasteiger partial charge on any atom is 0.412 e. The van der Waals surface area contributed by atoms with Crippen LogP contribution in [-0.4, -0.2) is 30.3 Å². The van der Waals surface area contributed by atoms with Crippen LogP contribution in [0.4, 0.5) is 23.2 Å². The number of anilines is 1. The Morgan fingerprint density at radius 1 is 1.30 bits per heavy atom. The molecule has 3 nitrogen and oxygen atoms in total. The van der Waals surface area contributed by atoms with Crippen LogP contribution in [0.3, 0.4) is 0 Å². The quantitative estimate of drug-likeness (QED) is 0.671. The molecule has 1 N–H and O–H groups in total. The Morgan fingerprint density at radius 2 is 2.00 bits per heavy atom. The van der Waals surface area contributed by atoms with Crippen LogP contribution in [0.15, 0.2) is 29.8 Å². The fourth-order valence-corrected chi connectivity index (χ4v) is 2.10. The van der Waals surface area contributed by atoms with Gasteiger partial charge in [0.05, 0.1) is 11.3 Å². The Kier molecular flexibility index (Phi) is 3.69. The summed E-state index contributed by atoms with van der Waals surface area (Å²) >= 11 is 0. The van der Waals surface area contributed by atoms with Gasteiger partial charge in [0, 0.05) is 18.7 Å². The number of carboxylic acid groups (broad SMARTS) is 1. The van der Waals surface area contributed by atoms with Crippen molar-refractivity contribution in [3.63, 3.8) is 0 Å². The molecule has 0 saturated carbocycles. The minimum Gasteiger partial charge on any atom is -0.478 e. The molecule has 2 rings (SSSR count). The summed E-state index contributed by atoms with van der Waals surface area (Å²) in [6.45, 7) is -0.0159. The molecular formula is C13H11F4NO2. The maximum absolute atomic E-state index is 13.1. The van der Waals surface area contributed by atoms with Crippen LogP contribution in [0.25, 0.3) is 0 Å². The number of alkyl halides is 3. The van der Waals surface area contributed by atoms with Crippen LogP contribution >= 0.6 is 0 Å². The minimum absolute atomic E-state index is 0.0389. The maximum atomic E-state index is 13.1. The van der Waals surface area contributed by atoms with E-state index in [1.54, 1.807) is 0 Å². The van der Waals surface area contributed by atoms with E-state index in [1.165, 1.54) is 11.0 Å². The molecule has 0 spiro atoms. The summed E-state index contributed by atoms with van der Waals surface area (Å²) in [7, 11) is 0. The summed E-state index contributed by atoms with van der Waals surface area (Å²) in [6, 6.07) is 3.22. The highest BCUT2D eigenvalue weighted by Gasteiger charge is 2.35. The first-order valence-electron chi connectivity index (χ1n) is 5.83. The highest BCUT2D eigenvalue weighted by Crippen LogP contribution is 2.32. The SMILES string of the molecule is O=C(O)c1cc(F)ccc1N1CC=C(C(F)(F)F)CC1. The molecule has 7 heteroatoms. The fourth-order valence-electron chi connectivity index (χ4n) is 2.10. The van der Waals surface area contributed by atoms with E-state index in [2.05, 4.69) is 0 Å². The molecule has 0 bridgehead atoms. The zero-order valence-electron chi connectivity index (χ0n) is 10.2. The van der Waals surface area contributed by atoms with E-state index in [-0.39, 0.29) is 30.8 Å². The van der Waals surface area contributed by atoms with Crippen molar-refractivity contribution < 1.29 is 27.5 Å². The number of nitrogens with zero attached hydrogens (tertiary/aromatic N) is 1. The van der Waals surface area contributed by atoms with Gasteiger partial charge < -0.3 is 10.0 Å². The number of halogens is 4. The van der Waals surface area contributed by atoms with Gasteiger partial charge in [-0.3, -0.25) is 0 Å². The van der Waals surface area contributed by atoms with Gasteiger partial charge in [0.2, 0.25) is 0 Å². The largest absolute Gasteiger partial charge is 0.478 e. The topological polar surface area (TPSA) is 40.5 Å². The average molecular weight is 289 g/mol. The van der Waals surface area contributed by atoms with Crippen LogP contribution in [0.2, 0.25) is 0 Å². The predicted octanol–water partition coefficient (Wildman–Crippen LogP) is 3.22. The Hall–Kier alpha value is -2.05. The molecule has 0 aliphatic carbocycles. The molecule has 1 heterocycles. The molecule has 0 atom stereocenters. The lowest BCUT2D eigenvalue weighted by atomic mass is 10.1. The summed E-state index contributed by atoms with van der Waals surface area (Å²) < 4.78 is 50.6. The standard InChI is InChI=1S/C13H11F4NO2/c14-9-1-2-11(10(7-9)12(19)20)18-5-3-8(4-6-18)13(15,16)17/h1-3,7H,4-6H2,(H,19,20). The third kappa shape index (κ3) is 2.92. The first-order chi connectivity index (χ1) is 9.29. The fraction of sp³-hybridized carbons (Fsp3) is 0.308. The second-order valence-electron chi connectivity index (χ2n) is 4.39. The highest BCUT2D eigenvalue weighted by atomic mass is 19.4. The normalized spacial score (nSPS) is 16.0. The van der Waals surface area contributed by atoms with Crippen molar-refractivity contribution >= 4 is 11.7 Å². The van der Waals surface area contributed by atoms with E-state index >= 15 is 0 Å². The van der Waals surface area contributed by atoms with E-state index in [0.29, 0.717) is 0 Å². The molecule has 1 aliphatic heterocycles. The summed E-state index contributed by atoms with van der Waals surface area (Å²) in [6.07, 6.45) is -3.55. The first kappa shape index (κ1) is 14.4. The lowest BCUT2D eigenvalue weighted by Gasteiger charge is -2.30. The smallest absolute Gasteiger partial charge is 0.412 e. The molecule has 0 fully saturated rings. The van der Waals surface area contributed by atoms with Gasteiger partial charge in [-0.2, -0.15) is 13.2 Å². The van der Waals surface area contributed by atoms with E-state index in [0.717, 1.165) is 18.2 Å². The highest BCUT2D eigenvalue weighted by molar-refractivity contribution is 5.94. The van der Waals surface area contributed by atoms with Crippen LogP contribution in [-0.2, 0) is 0 Å². The molecule has 0 unspecified atom stereocenters. The average Bonchev–Trinajstić information content (AvgIpc) is 2.37. The summed E-state index contributed by atoms with van der Waals surface area (Å²) in [5, 5.41) is 9.01. The summed E-state index contributed by atoms with van der Waals surface area (Å²) in [5.41, 5.74) is -0.655. The molecular weight excluding hydrogens is 278 g/mol. The number of rotatable bonds is 2. The summed E-state index contributed by atoms with van der Waals surface area (Å²) in [4.78, 5) is 12.5. The number of carbonyl (C=O) groups is 1. The van der Waals surface area contributed by atoms with Crippen LogP contribution in [0.5, 0.6) is 0 Å². The van der Waals surface area contributed by atoms with Crippen molar-refractivity contribution in [2.75, 3.05) is 18.0 Å². The van der Waals surface area contributed by atoms with Crippen molar-refractivity contribution in [1.82, 2.24) is 0 Å². The Balaban J connectivity index is 2.27. The van der Waals surface area contributed by atoms with Gasteiger partial charge >= 0.3 is 12.1 Å². The van der Waals surface area contributed by atoms with Crippen LogP contribution in [0, 0.1) is 5.82 Å². The Labute approximate surface area is 112 Å². The lowest BCUT2D eigenvalue weighted by Crippen LogP contribution is -2.32. The van der Waals surface area contributed by atoms with Gasteiger partial charge in [-0.05, 0) is 24.6 Å². The first-order valence-corrected chi connectivity index (χ1v) is 5.83. The van der Waals surface area contributed by atoms with E-state index in [4.69, 9.17) is 5.11 Å². The molecule has 0 aromatic heterocycles. The second-order valence-corrected chi connectivity index (χ2v) is 4.39. The van der Waals surface area contributed by atoms with Crippen molar-refractivity contribution in [3.8, 4) is 0 Å². The number of hydrogen-bond donors (Lipinski definition) is 1. The minimum atomic E-state index is -4.36. The number of hydrogen-bond acceptors (Lipinski definition) is 2. The van der Waals surface area contributed by atoms with Crippen LogP contribution < -0.4 is 4.90 Å². The molecule has 0 radical (unpaired) electrons. The lowest BCUT2D eigenvalue weighted by molar-refractivity contribution is -0.0944. The number of carboxylic acids is 1. The monoisotopic (exact) mass is 289 g/mol. The Bertz CT molecular complexity index is 566. The third-order valence-corrected chi connectivity index (χ3v) is 3.10. The zero-order valence-corrected chi connectivity index (χ0v) is 10.2. The van der Waals surface area contributed by atoms with Crippen molar-refractivity contribution in [1.29, 1.82) is 0 Å². The van der Waals surface area contributed by atoms with Crippen molar-refractivity contribution in [3.05, 3.63) is 41.2 Å². The van der Waals surface area contributed by atoms with Gasteiger partial charge in [-0.25, -0.2) is 9.18 Å². The summed E-state index contributed by atoms with van der Waals surface area (Å²) in [5.74, 6) is -2.01. The van der Waals surface area contributed by atoms with Crippen molar-refractivity contribution in [2.24, 2.45) is 0 Å². The van der Waals surface area contributed by atoms with Gasteiger partial charge in [-0.15, -0.1) is 0 Å². The van der Waals surface area contributed by atoms with Gasteiger partial charge in [0.25, 0.3) is 0 Å². The molecule has 1 aromatic rings. The van der Waals surface area contributed by atoms with Gasteiger partial charge in [0.15, 0.2) is 0 Å². The molecule has 1 aromatic carbocycles. The Morgan fingerprint density at radius 3 is 2.50 bits per heavy atom. The molecule has 0 saturated heterocycles. The second kappa shape index (κ2) is 5.15. The number of benzene rings is 1. The van der Waals surface area contributed by atoms with Gasteiger partial charge in [-0.1, -0.05) is 6.08 Å². The molecule has 108 valence electrons. The third-order valence-electron chi connectivity index (χ3n) is 3.10. The molecule has 1 aliphatic rings. The molecule has 0 amide bonds. The van der Waals surface area contributed by atoms with E-state index in [9.17, 15) is 22.4 Å². The van der Waals surface area contributed by atoms with Crippen molar-refractivity contribution in [2.45, 2.75) is 12.6 Å². The predicted molar refractivity (Wildman–Crippen MR) is 64.3 cm³/mol. The van der Waals surface area contributed by atoms with Crippen LogP contribution in [0.1, 0.15) is 16.8 Å². The van der Waals surface area contributed by atoms with E-state index < -0.39 is 23.5 Å².